The van der Waals surface area contributed by atoms with Gasteiger partial charge in [-0.15, -0.1) is 0 Å². The monoisotopic (exact) mass is 394 g/mol. The summed E-state index contributed by atoms with van der Waals surface area (Å²) in [4.78, 5) is 25.3. The second-order valence-electron chi connectivity index (χ2n) is 5.53. The molecule has 27 heavy (non-hydrogen) atoms. The molecular weight excluding hydrogens is 378 g/mol. The first-order chi connectivity index (χ1) is 12.8. The van der Waals surface area contributed by atoms with E-state index in [1.165, 1.54) is 48.4 Å². The van der Waals surface area contributed by atoms with Crippen LogP contribution >= 0.6 is 11.6 Å². The van der Waals surface area contributed by atoms with Gasteiger partial charge in [0.2, 0.25) is 11.8 Å². The fraction of sp³-hybridized carbons (Fsp3) is 0.158. The lowest BCUT2D eigenvalue weighted by atomic mass is 10.2. The van der Waals surface area contributed by atoms with Crippen LogP contribution in [-0.4, -0.2) is 36.9 Å². The third-order valence-corrected chi connectivity index (χ3v) is 3.66. The molecule has 0 fully saturated rings. The number of carbonyl (C=O) groups excluding carboxylic acids is 2. The van der Waals surface area contributed by atoms with Gasteiger partial charge in [0.15, 0.2) is 0 Å². The zero-order chi connectivity index (χ0) is 19.8. The molecular formula is C19H17ClF2N2O3. The van der Waals surface area contributed by atoms with Gasteiger partial charge in [-0.2, -0.15) is 8.78 Å². The Bertz CT molecular complexity index is 809. The molecule has 0 aliphatic heterocycles. The van der Waals surface area contributed by atoms with Crippen LogP contribution in [0.1, 0.15) is 5.56 Å². The lowest BCUT2D eigenvalue weighted by Crippen LogP contribution is -2.33. The highest BCUT2D eigenvalue weighted by Gasteiger charge is 2.11. The van der Waals surface area contributed by atoms with Gasteiger partial charge in [0.1, 0.15) is 5.75 Å². The molecule has 0 heterocycles. The summed E-state index contributed by atoms with van der Waals surface area (Å²) in [6.07, 6.45) is 2.81. The molecule has 0 saturated heterocycles. The molecule has 0 atom stereocenters. The quantitative estimate of drug-likeness (QED) is 0.721. The smallest absolute Gasteiger partial charge is 0.387 e. The zero-order valence-electron chi connectivity index (χ0n) is 14.4. The van der Waals surface area contributed by atoms with E-state index in [1.807, 2.05) is 0 Å². The number of carbonyl (C=O) groups is 2. The summed E-state index contributed by atoms with van der Waals surface area (Å²) in [6, 6.07) is 12.4. The van der Waals surface area contributed by atoms with Crippen molar-refractivity contribution in [3.05, 3.63) is 65.2 Å². The number of nitrogens with zero attached hydrogens (tertiary/aromatic N) is 1. The van der Waals surface area contributed by atoms with Crippen LogP contribution in [-0.2, 0) is 9.59 Å². The van der Waals surface area contributed by atoms with Gasteiger partial charge >= 0.3 is 6.61 Å². The second-order valence-corrected chi connectivity index (χ2v) is 5.97. The predicted molar refractivity (Wildman–Crippen MR) is 99.8 cm³/mol. The molecule has 2 rings (SSSR count). The Labute approximate surface area is 160 Å². The highest BCUT2D eigenvalue weighted by Crippen LogP contribution is 2.16. The molecule has 2 aromatic rings. The van der Waals surface area contributed by atoms with Crippen molar-refractivity contribution >= 4 is 35.2 Å². The van der Waals surface area contributed by atoms with Crippen LogP contribution in [0.4, 0.5) is 14.5 Å². The van der Waals surface area contributed by atoms with E-state index < -0.39 is 6.61 Å². The van der Waals surface area contributed by atoms with E-state index in [0.717, 1.165) is 0 Å². The lowest BCUT2D eigenvalue weighted by molar-refractivity contribution is -0.129. The molecule has 0 bridgehead atoms. The Hall–Kier alpha value is -2.93. The van der Waals surface area contributed by atoms with Gasteiger partial charge < -0.3 is 15.0 Å². The molecule has 2 aromatic carbocycles. The fourth-order valence-electron chi connectivity index (χ4n) is 2.08. The topological polar surface area (TPSA) is 58.6 Å². The Balaban J connectivity index is 1.86. The normalized spacial score (nSPS) is 10.9. The molecule has 8 heteroatoms. The predicted octanol–water partition coefficient (Wildman–Crippen LogP) is 4.05. The van der Waals surface area contributed by atoms with E-state index in [9.17, 15) is 18.4 Å². The lowest BCUT2D eigenvalue weighted by Gasteiger charge is -2.14. The molecule has 0 radical (unpaired) electrons. The first-order valence-corrected chi connectivity index (χ1v) is 8.25. The van der Waals surface area contributed by atoms with Crippen molar-refractivity contribution < 1.29 is 23.1 Å². The third kappa shape index (κ3) is 7.07. The van der Waals surface area contributed by atoms with Crippen molar-refractivity contribution in [2.75, 3.05) is 18.9 Å². The van der Waals surface area contributed by atoms with Crippen LogP contribution in [0.5, 0.6) is 5.75 Å². The Morgan fingerprint density at radius 2 is 1.78 bits per heavy atom. The number of nitrogens with one attached hydrogen (secondary N) is 1. The maximum absolute atomic E-state index is 12.1. The summed E-state index contributed by atoms with van der Waals surface area (Å²) in [5, 5.41) is 3.21. The van der Waals surface area contributed by atoms with E-state index in [2.05, 4.69) is 10.1 Å². The number of alkyl halides is 2. The molecule has 0 aromatic heterocycles. The van der Waals surface area contributed by atoms with E-state index in [4.69, 9.17) is 11.6 Å². The fourth-order valence-corrected chi connectivity index (χ4v) is 2.21. The second kappa shape index (κ2) is 9.68. The summed E-state index contributed by atoms with van der Waals surface area (Å²) in [5.41, 5.74) is 1.20. The van der Waals surface area contributed by atoms with Crippen molar-refractivity contribution in [3.63, 3.8) is 0 Å². The number of halogens is 3. The number of rotatable bonds is 7. The average molecular weight is 395 g/mol. The summed E-state index contributed by atoms with van der Waals surface area (Å²) >= 11 is 5.78. The summed E-state index contributed by atoms with van der Waals surface area (Å²) < 4.78 is 28.4. The molecule has 0 aliphatic carbocycles. The molecule has 0 spiro atoms. The van der Waals surface area contributed by atoms with E-state index in [0.29, 0.717) is 16.3 Å². The first-order valence-electron chi connectivity index (χ1n) is 7.87. The summed E-state index contributed by atoms with van der Waals surface area (Å²) in [5.74, 6) is -0.700. The number of anilines is 1. The molecule has 2 amide bonds. The van der Waals surface area contributed by atoms with Crippen molar-refractivity contribution in [2.45, 2.75) is 6.61 Å². The van der Waals surface area contributed by atoms with Gasteiger partial charge in [0, 0.05) is 23.8 Å². The molecule has 5 nitrogen and oxygen atoms in total. The maximum atomic E-state index is 12.1. The Kier molecular flexibility index (Phi) is 7.31. The van der Waals surface area contributed by atoms with Gasteiger partial charge in [-0.25, -0.2) is 0 Å². The number of amides is 2. The standard InChI is InChI=1S/C19H17ClF2N2O3/c1-24(12-17(25)23-15-7-5-14(20)6-8-15)18(26)11-4-13-2-9-16(10-3-13)27-19(21)22/h2-11,19H,12H2,1H3,(H,23,25)/b11-4+. The van der Waals surface area contributed by atoms with Crippen LogP contribution < -0.4 is 10.1 Å². The zero-order valence-corrected chi connectivity index (χ0v) is 15.1. The van der Waals surface area contributed by atoms with Crippen LogP contribution in [0.2, 0.25) is 5.02 Å². The first kappa shape index (κ1) is 20.4. The van der Waals surface area contributed by atoms with Crippen LogP contribution in [0, 0.1) is 0 Å². The van der Waals surface area contributed by atoms with Crippen LogP contribution in [0.15, 0.2) is 54.6 Å². The number of likely N-dealkylation sites (N-methyl/N-ethyl adjacent to an activating group) is 1. The number of hydrogen-bond acceptors (Lipinski definition) is 3. The van der Waals surface area contributed by atoms with Gasteiger partial charge in [0.05, 0.1) is 6.54 Å². The number of hydrogen-bond donors (Lipinski definition) is 1. The summed E-state index contributed by atoms with van der Waals surface area (Å²) in [6.45, 7) is -3.02. The number of ether oxygens (including phenoxy) is 1. The Morgan fingerprint density at radius 3 is 2.37 bits per heavy atom. The molecule has 0 unspecified atom stereocenters. The summed E-state index contributed by atoms with van der Waals surface area (Å²) in [7, 11) is 1.49. The largest absolute Gasteiger partial charge is 0.435 e. The molecule has 1 N–H and O–H groups in total. The maximum Gasteiger partial charge on any atom is 0.387 e. The number of benzene rings is 2. The van der Waals surface area contributed by atoms with Gasteiger partial charge in [0.25, 0.3) is 0 Å². The SMILES string of the molecule is CN(CC(=O)Nc1ccc(Cl)cc1)C(=O)/C=C/c1ccc(OC(F)F)cc1. The van der Waals surface area contributed by atoms with Gasteiger partial charge in [-0.1, -0.05) is 23.7 Å². The van der Waals surface area contributed by atoms with E-state index >= 15 is 0 Å². The average Bonchev–Trinajstić information content (AvgIpc) is 2.62. The van der Waals surface area contributed by atoms with E-state index in [-0.39, 0.29) is 24.1 Å². The molecule has 0 saturated carbocycles. The van der Waals surface area contributed by atoms with Crippen molar-refractivity contribution in [3.8, 4) is 5.75 Å². The van der Waals surface area contributed by atoms with Crippen molar-refractivity contribution in [2.24, 2.45) is 0 Å². The minimum Gasteiger partial charge on any atom is -0.435 e. The molecule has 142 valence electrons. The highest BCUT2D eigenvalue weighted by molar-refractivity contribution is 6.30. The van der Waals surface area contributed by atoms with Gasteiger partial charge in [-0.3, -0.25) is 9.59 Å². The van der Waals surface area contributed by atoms with Crippen molar-refractivity contribution in [1.29, 1.82) is 0 Å². The molecule has 0 aliphatic rings. The minimum atomic E-state index is -2.89. The Morgan fingerprint density at radius 1 is 1.15 bits per heavy atom. The van der Waals surface area contributed by atoms with E-state index in [1.54, 1.807) is 24.3 Å². The highest BCUT2D eigenvalue weighted by atomic mass is 35.5. The van der Waals surface area contributed by atoms with Crippen LogP contribution in [0.3, 0.4) is 0 Å². The van der Waals surface area contributed by atoms with Crippen molar-refractivity contribution in [1.82, 2.24) is 4.90 Å². The van der Waals surface area contributed by atoms with Crippen LogP contribution in [0.25, 0.3) is 6.08 Å². The van der Waals surface area contributed by atoms with Gasteiger partial charge in [-0.05, 0) is 48.0 Å². The minimum absolute atomic E-state index is 0.0319. The third-order valence-electron chi connectivity index (χ3n) is 3.41.